The van der Waals surface area contributed by atoms with Crippen molar-refractivity contribution in [2.75, 3.05) is 43.1 Å². The molecule has 5 aromatic rings. The smallest absolute Gasteiger partial charge is 0.297 e. The average Bonchev–Trinajstić information content (AvgIpc) is 4.02. The van der Waals surface area contributed by atoms with Crippen LogP contribution in [-0.2, 0) is 10.0 Å². The van der Waals surface area contributed by atoms with Crippen LogP contribution in [0, 0.1) is 27.4 Å². The van der Waals surface area contributed by atoms with Crippen LogP contribution in [0.2, 0.25) is 0 Å². The number of likely N-dealkylation sites (tertiary alicyclic amines) is 1. The number of hydrogen-bond donors (Lipinski definition) is 4. The Morgan fingerprint density at radius 3 is 2.49 bits per heavy atom. The molecule has 11 rings (SSSR count). The third kappa shape index (κ3) is 9.59. The van der Waals surface area contributed by atoms with Crippen molar-refractivity contribution >= 4 is 44.0 Å². The zero-order chi connectivity index (χ0) is 49.9. The number of nitrogens with one attached hydrogen (secondary N) is 3. The Morgan fingerprint density at radius 1 is 0.972 bits per heavy atom. The molecule has 72 heavy (non-hydrogen) atoms. The number of hydrogen-bond acceptors (Lipinski definition) is 13. The molecular formula is C55H67N7O9S. The number of rotatable bonds is 14. The lowest BCUT2D eigenvalue weighted by molar-refractivity contribution is -0.384. The van der Waals surface area contributed by atoms with Crippen molar-refractivity contribution in [2.24, 2.45) is 17.3 Å². The molecule has 0 radical (unpaired) electrons. The maximum atomic E-state index is 14.4. The number of anilines is 2. The molecule has 3 aromatic carbocycles. The highest BCUT2D eigenvalue weighted by atomic mass is 32.2. The van der Waals surface area contributed by atoms with Crippen molar-refractivity contribution in [1.82, 2.24) is 19.6 Å². The number of piperidine rings is 1. The minimum absolute atomic E-state index is 0.0000739. The third-order valence-electron chi connectivity index (χ3n) is 17.1. The van der Waals surface area contributed by atoms with Gasteiger partial charge < -0.3 is 34.5 Å². The summed E-state index contributed by atoms with van der Waals surface area (Å²) in [7, 11) is -4.70. The molecule has 2 aromatic heterocycles. The second kappa shape index (κ2) is 19.2. The number of ether oxygens (including phenoxy) is 3. The van der Waals surface area contributed by atoms with E-state index in [4.69, 9.17) is 19.2 Å². The SMILES string of the molecule is CC(C)c1ccccc1[C@@H]1CCCN1C1CC2(CCN(c3ccc(C(=O)NS(=O)(=O)c4cc5c(c([N+](=O)[O-])c4)N[C@@H](C4CCC(C)(O)CC4)CO5)c(Oc4cc5cc[nH]c5nc4OCC4CCC4)c3)CC2)C1. The van der Waals surface area contributed by atoms with Crippen LogP contribution >= 0.6 is 0 Å². The molecule has 5 fully saturated rings. The predicted octanol–water partition coefficient (Wildman–Crippen LogP) is 10.4. The van der Waals surface area contributed by atoms with E-state index in [1.807, 2.05) is 19.1 Å². The molecule has 16 nitrogen and oxygen atoms in total. The first-order valence-electron chi connectivity index (χ1n) is 26.1. The molecule has 2 saturated heterocycles. The molecule has 2 atom stereocenters. The Hall–Kier alpha value is -5.91. The fourth-order valence-electron chi connectivity index (χ4n) is 12.5. The number of benzene rings is 3. The van der Waals surface area contributed by atoms with Gasteiger partial charge in [0.2, 0.25) is 0 Å². The first-order chi connectivity index (χ1) is 34.6. The highest BCUT2D eigenvalue weighted by molar-refractivity contribution is 7.90. The molecule has 3 aliphatic carbocycles. The fourth-order valence-corrected chi connectivity index (χ4v) is 13.5. The number of fused-ring (bicyclic) bond motifs is 2. The van der Waals surface area contributed by atoms with E-state index in [0.29, 0.717) is 61.9 Å². The Bertz CT molecular complexity index is 2960. The van der Waals surface area contributed by atoms with Gasteiger partial charge in [-0.05, 0) is 149 Å². The van der Waals surface area contributed by atoms with E-state index in [2.05, 4.69) is 62.9 Å². The highest BCUT2D eigenvalue weighted by Gasteiger charge is 2.50. The van der Waals surface area contributed by atoms with Crippen molar-refractivity contribution in [3.05, 3.63) is 99.7 Å². The molecule has 0 unspecified atom stereocenters. The minimum atomic E-state index is -4.70. The van der Waals surface area contributed by atoms with E-state index in [1.165, 1.54) is 42.9 Å². The van der Waals surface area contributed by atoms with Crippen molar-refractivity contribution in [1.29, 1.82) is 0 Å². The number of nitro benzene ring substituents is 1. The van der Waals surface area contributed by atoms with E-state index >= 15 is 0 Å². The second-order valence-electron chi connectivity index (χ2n) is 22.2. The van der Waals surface area contributed by atoms with Crippen LogP contribution in [0.4, 0.5) is 17.1 Å². The van der Waals surface area contributed by atoms with E-state index in [1.54, 1.807) is 24.4 Å². The summed E-state index contributed by atoms with van der Waals surface area (Å²) >= 11 is 0. The molecule has 17 heteroatoms. The monoisotopic (exact) mass is 1000 g/mol. The number of nitrogens with zero attached hydrogens (tertiary/aromatic N) is 4. The maximum Gasteiger partial charge on any atom is 0.297 e. The summed E-state index contributed by atoms with van der Waals surface area (Å²) in [6.07, 6.45) is 14.5. The Morgan fingerprint density at radius 2 is 1.75 bits per heavy atom. The second-order valence-corrected chi connectivity index (χ2v) is 23.9. The molecule has 0 bridgehead atoms. The van der Waals surface area contributed by atoms with Crippen LogP contribution < -0.4 is 29.1 Å². The number of H-pyrrole nitrogens is 1. The number of carbonyl (C=O) groups is 1. The van der Waals surface area contributed by atoms with Crippen LogP contribution in [0.5, 0.6) is 23.1 Å². The predicted molar refractivity (Wildman–Crippen MR) is 275 cm³/mol. The summed E-state index contributed by atoms with van der Waals surface area (Å²) in [5, 5.41) is 27.0. The molecule has 5 heterocycles. The Balaban J connectivity index is 0.838. The number of sulfonamides is 1. The van der Waals surface area contributed by atoms with Gasteiger partial charge in [-0.2, -0.15) is 4.98 Å². The van der Waals surface area contributed by atoms with Crippen LogP contribution in [-0.4, -0.2) is 89.8 Å². The minimum Gasteiger partial charge on any atom is -0.489 e. The molecule has 1 amide bonds. The normalized spacial score (nSPS) is 24.5. The zero-order valence-electron chi connectivity index (χ0n) is 41.5. The molecule has 1 spiro atoms. The molecule has 6 aliphatic rings. The fraction of sp³-hybridized carbons (Fsp3) is 0.527. The molecule has 3 aliphatic heterocycles. The molecule has 3 saturated carbocycles. The summed E-state index contributed by atoms with van der Waals surface area (Å²) in [6.45, 7) is 9.77. The summed E-state index contributed by atoms with van der Waals surface area (Å²) in [5.74, 6) is 0.637. The van der Waals surface area contributed by atoms with Gasteiger partial charge in [0, 0.05) is 60.6 Å². The summed E-state index contributed by atoms with van der Waals surface area (Å²) in [5.41, 5.74) is 3.45. The number of amides is 1. The lowest BCUT2D eigenvalue weighted by atomic mass is 9.59. The van der Waals surface area contributed by atoms with Crippen molar-refractivity contribution in [2.45, 2.75) is 139 Å². The summed E-state index contributed by atoms with van der Waals surface area (Å²) in [6, 6.07) is 20.8. The number of aromatic amines is 1. The number of nitro groups is 1. The number of pyridine rings is 1. The van der Waals surface area contributed by atoms with Crippen LogP contribution in [0.25, 0.3) is 11.0 Å². The number of carbonyl (C=O) groups excluding carboxylic acids is 1. The van der Waals surface area contributed by atoms with Crippen LogP contribution in [0.15, 0.2) is 77.8 Å². The van der Waals surface area contributed by atoms with Gasteiger partial charge in [0.15, 0.2) is 17.2 Å². The van der Waals surface area contributed by atoms with E-state index in [0.717, 1.165) is 68.9 Å². The van der Waals surface area contributed by atoms with Crippen LogP contribution in [0.3, 0.4) is 0 Å². The average molecular weight is 1000 g/mol. The maximum absolute atomic E-state index is 14.4. The van der Waals surface area contributed by atoms with E-state index in [9.17, 15) is 28.4 Å². The first kappa shape index (κ1) is 48.4. The van der Waals surface area contributed by atoms with Gasteiger partial charge in [0.05, 0.1) is 33.6 Å². The van der Waals surface area contributed by atoms with Gasteiger partial charge in [-0.1, -0.05) is 44.5 Å². The first-order valence-corrected chi connectivity index (χ1v) is 27.6. The summed E-state index contributed by atoms with van der Waals surface area (Å²) < 4.78 is 49.5. The van der Waals surface area contributed by atoms with Gasteiger partial charge in [-0.15, -0.1) is 0 Å². The van der Waals surface area contributed by atoms with E-state index in [-0.39, 0.29) is 58.4 Å². The summed E-state index contributed by atoms with van der Waals surface area (Å²) in [4.78, 5) is 38.8. The molecule has 4 N–H and O–H groups in total. The van der Waals surface area contributed by atoms with Crippen molar-refractivity contribution < 1.29 is 37.5 Å². The van der Waals surface area contributed by atoms with Crippen molar-refractivity contribution in [3.63, 3.8) is 0 Å². The van der Waals surface area contributed by atoms with Gasteiger partial charge in [0.1, 0.15) is 18.0 Å². The largest absolute Gasteiger partial charge is 0.489 e. The van der Waals surface area contributed by atoms with Crippen molar-refractivity contribution in [3.8, 4) is 23.1 Å². The zero-order valence-corrected chi connectivity index (χ0v) is 42.3. The van der Waals surface area contributed by atoms with Gasteiger partial charge >= 0.3 is 0 Å². The third-order valence-corrected chi connectivity index (χ3v) is 18.4. The lowest BCUT2D eigenvalue weighted by Gasteiger charge is -2.56. The topological polar surface area (TPSA) is 201 Å². The van der Waals surface area contributed by atoms with Gasteiger partial charge in [0.25, 0.3) is 27.5 Å². The Kier molecular flexibility index (Phi) is 12.9. The Labute approximate surface area is 421 Å². The highest BCUT2D eigenvalue weighted by Crippen LogP contribution is 2.55. The van der Waals surface area contributed by atoms with Gasteiger partial charge in [-0.3, -0.25) is 19.8 Å². The standard InChI is InChI=1S/C55H67N7O9S/c1-34(2)41-10-4-5-11-42(41)45-12-7-23-61(45)39-30-55(31-39)20-24-60(25-21-55)38-13-14-43(47(27-38)71-49-26-37-17-22-56-51(37)58-53(49)70-32-35-8-6-9-35)52(63)59-72(67,68)40-28-46(62(65)66)50-48(29-40)69-33-44(57-50)36-15-18-54(3,64)19-16-36/h4-5,10-11,13-14,17,22,26-29,34-36,39,44-45,57,64H,6-9,12,15-16,18-21,23-25,30-33H2,1-3H3,(H,56,58)(H,59,63)/t36?,44-,45+,54?/m1/s1. The van der Waals surface area contributed by atoms with Gasteiger partial charge in [-0.25, -0.2) is 13.1 Å². The molecular weight excluding hydrogens is 935 g/mol. The lowest BCUT2D eigenvalue weighted by Crippen LogP contribution is -2.54. The number of aromatic nitrogens is 2. The molecule has 382 valence electrons. The quantitative estimate of drug-likeness (QED) is 0.0605. The number of aliphatic hydroxyl groups is 1. The van der Waals surface area contributed by atoms with Crippen LogP contribution in [0.1, 0.15) is 138 Å². The van der Waals surface area contributed by atoms with E-state index < -0.39 is 37.0 Å².